The van der Waals surface area contributed by atoms with Crippen molar-refractivity contribution >= 4 is 28.6 Å². The van der Waals surface area contributed by atoms with Gasteiger partial charge in [0.05, 0.1) is 17.2 Å². The molecule has 0 spiro atoms. The number of amides is 1. The van der Waals surface area contributed by atoms with Gasteiger partial charge in [0.15, 0.2) is 0 Å². The van der Waals surface area contributed by atoms with Crippen molar-refractivity contribution < 1.29 is 4.79 Å². The Balaban J connectivity index is 1.52. The Morgan fingerprint density at radius 1 is 1.20 bits per heavy atom. The smallest absolute Gasteiger partial charge is 0.253 e. The molecular formula is C20H19N3OS. The number of aryl methyl sites for hydroxylation is 1. The fourth-order valence-corrected chi connectivity index (χ4v) is 3.65. The Labute approximate surface area is 151 Å². The number of rotatable bonds is 6. The highest BCUT2D eigenvalue weighted by Gasteiger charge is 2.12. The number of hydrogen-bond acceptors (Lipinski definition) is 3. The summed E-state index contributed by atoms with van der Waals surface area (Å²) in [5.74, 6) is 1.53. The van der Waals surface area contributed by atoms with Crippen molar-refractivity contribution in [1.82, 2.24) is 9.88 Å². The molecule has 2 aromatic carbocycles. The molecule has 1 aromatic heterocycles. The fraction of sp³-hybridized carbons (Fsp3) is 0.200. The van der Waals surface area contributed by atoms with E-state index in [2.05, 4.69) is 11.4 Å². The van der Waals surface area contributed by atoms with Crippen LogP contribution in [0.15, 0.2) is 54.7 Å². The molecule has 0 fully saturated rings. The molecule has 0 atom stereocenters. The van der Waals surface area contributed by atoms with Gasteiger partial charge in [-0.1, -0.05) is 36.4 Å². The Morgan fingerprint density at radius 3 is 2.80 bits per heavy atom. The molecule has 1 heterocycles. The van der Waals surface area contributed by atoms with E-state index >= 15 is 0 Å². The van der Waals surface area contributed by atoms with Crippen LogP contribution < -0.4 is 5.32 Å². The molecule has 3 aromatic rings. The molecule has 126 valence electrons. The molecule has 5 heteroatoms. The van der Waals surface area contributed by atoms with E-state index in [1.807, 2.05) is 66.3 Å². The van der Waals surface area contributed by atoms with Crippen molar-refractivity contribution in [2.24, 2.45) is 7.05 Å². The maximum Gasteiger partial charge on any atom is 0.253 e. The zero-order valence-electron chi connectivity index (χ0n) is 14.0. The highest BCUT2D eigenvalue weighted by Crippen LogP contribution is 2.20. The van der Waals surface area contributed by atoms with E-state index in [-0.39, 0.29) is 5.91 Å². The molecule has 0 radical (unpaired) electrons. The van der Waals surface area contributed by atoms with E-state index in [4.69, 9.17) is 5.26 Å². The summed E-state index contributed by atoms with van der Waals surface area (Å²) in [6.45, 7) is 0.599. The number of carbonyl (C=O) groups excluding carboxylic acids is 1. The Kier molecular flexibility index (Phi) is 5.42. The lowest BCUT2D eigenvalue weighted by atomic mass is 10.1. The number of fused-ring (bicyclic) bond motifs is 1. The lowest BCUT2D eigenvalue weighted by molar-refractivity contribution is 0.0957. The number of hydrogen-bond donors (Lipinski definition) is 1. The van der Waals surface area contributed by atoms with Gasteiger partial charge in [0.2, 0.25) is 0 Å². The highest BCUT2D eigenvalue weighted by atomic mass is 32.2. The van der Waals surface area contributed by atoms with E-state index < -0.39 is 0 Å². The van der Waals surface area contributed by atoms with Crippen LogP contribution in [-0.2, 0) is 12.8 Å². The van der Waals surface area contributed by atoms with Crippen LogP contribution in [0, 0.1) is 11.3 Å². The summed E-state index contributed by atoms with van der Waals surface area (Å²) in [6, 6.07) is 17.7. The molecular weight excluding hydrogens is 330 g/mol. The van der Waals surface area contributed by atoms with Gasteiger partial charge in [-0.05, 0) is 17.7 Å². The van der Waals surface area contributed by atoms with Gasteiger partial charge in [0.25, 0.3) is 5.91 Å². The summed E-state index contributed by atoms with van der Waals surface area (Å²) in [5.41, 5.74) is 3.51. The Morgan fingerprint density at radius 2 is 1.96 bits per heavy atom. The van der Waals surface area contributed by atoms with Gasteiger partial charge in [-0.2, -0.15) is 17.0 Å². The molecule has 0 aliphatic heterocycles. The highest BCUT2D eigenvalue weighted by molar-refractivity contribution is 7.98. The molecule has 3 rings (SSSR count). The zero-order valence-corrected chi connectivity index (χ0v) is 14.8. The molecule has 25 heavy (non-hydrogen) atoms. The maximum atomic E-state index is 12.4. The van der Waals surface area contributed by atoms with Crippen LogP contribution in [0.2, 0.25) is 0 Å². The predicted octanol–water partition coefficient (Wildman–Crippen LogP) is 3.71. The maximum absolute atomic E-state index is 12.4. The minimum atomic E-state index is -0.0465. The number of aromatic nitrogens is 1. The molecule has 1 N–H and O–H groups in total. The third kappa shape index (κ3) is 3.86. The number of benzene rings is 2. The summed E-state index contributed by atoms with van der Waals surface area (Å²) >= 11 is 1.71. The number of thioether (sulfide) groups is 1. The number of nitriles is 1. The summed E-state index contributed by atoms with van der Waals surface area (Å²) < 4.78 is 1.97. The van der Waals surface area contributed by atoms with Gasteiger partial charge >= 0.3 is 0 Å². The first-order chi connectivity index (χ1) is 12.2. The first kappa shape index (κ1) is 17.1. The second-order valence-corrected chi connectivity index (χ2v) is 6.85. The lowest BCUT2D eigenvalue weighted by Gasteiger charge is -2.06. The number of carbonyl (C=O) groups is 1. The molecule has 0 unspecified atom stereocenters. The van der Waals surface area contributed by atoms with Crippen LogP contribution in [0.4, 0.5) is 0 Å². The standard InChI is InChI=1S/C20H19N3OS/c1-23-13-18(17-8-4-5-9-19(17)23)20(24)22-10-11-25-14-16-7-3-2-6-15(16)12-21/h2-9,13H,10-11,14H2,1H3,(H,22,24). The van der Waals surface area contributed by atoms with Crippen molar-refractivity contribution in [2.75, 3.05) is 12.3 Å². The van der Waals surface area contributed by atoms with Gasteiger partial charge in [0.1, 0.15) is 0 Å². The Hall–Kier alpha value is -2.71. The van der Waals surface area contributed by atoms with Crippen LogP contribution >= 0.6 is 11.8 Å². The SMILES string of the molecule is Cn1cc(C(=O)NCCSCc2ccccc2C#N)c2ccccc21. The van der Waals surface area contributed by atoms with E-state index in [1.54, 1.807) is 11.8 Å². The third-order valence-corrected chi connectivity index (χ3v) is 5.08. The Bertz CT molecular complexity index is 940. The van der Waals surface area contributed by atoms with Crippen LogP contribution in [-0.4, -0.2) is 22.8 Å². The van der Waals surface area contributed by atoms with Crippen molar-refractivity contribution in [1.29, 1.82) is 5.26 Å². The quantitative estimate of drug-likeness (QED) is 0.690. The first-order valence-corrected chi connectivity index (χ1v) is 9.24. The van der Waals surface area contributed by atoms with Gasteiger partial charge < -0.3 is 9.88 Å². The van der Waals surface area contributed by atoms with Crippen molar-refractivity contribution in [2.45, 2.75) is 5.75 Å². The lowest BCUT2D eigenvalue weighted by Crippen LogP contribution is -2.25. The summed E-state index contributed by atoms with van der Waals surface area (Å²) in [4.78, 5) is 12.4. The van der Waals surface area contributed by atoms with E-state index in [0.717, 1.165) is 33.5 Å². The molecule has 1 amide bonds. The van der Waals surface area contributed by atoms with Crippen molar-refractivity contribution in [3.05, 3.63) is 71.4 Å². The predicted molar refractivity (Wildman–Crippen MR) is 103 cm³/mol. The van der Waals surface area contributed by atoms with Crippen LogP contribution in [0.3, 0.4) is 0 Å². The molecule has 4 nitrogen and oxygen atoms in total. The van der Waals surface area contributed by atoms with E-state index in [0.29, 0.717) is 12.1 Å². The van der Waals surface area contributed by atoms with Crippen LogP contribution in [0.25, 0.3) is 10.9 Å². The second-order valence-electron chi connectivity index (χ2n) is 5.75. The average molecular weight is 349 g/mol. The van der Waals surface area contributed by atoms with Gasteiger partial charge in [0, 0.05) is 42.2 Å². The zero-order chi connectivity index (χ0) is 17.6. The minimum Gasteiger partial charge on any atom is -0.351 e. The molecule has 0 aliphatic carbocycles. The fourth-order valence-electron chi connectivity index (χ4n) is 2.79. The normalized spacial score (nSPS) is 10.6. The molecule has 0 aliphatic rings. The third-order valence-electron chi connectivity index (χ3n) is 4.07. The summed E-state index contributed by atoms with van der Waals surface area (Å²) in [7, 11) is 1.95. The largest absolute Gasteiger partial charge is 0.351 e. The number of nitrogens with one attached hydrogen (secondary N) is 1. The van der Waals surface area contributed by atoms with Gasteiger partial charge in [-0.3, -0.25) is 4.79 Å². The molecule has 0 bridgehead atoms. The van der Waals surface area contributed by atoms with Crippen molar-refractivity contribution in [3.63, 3.8) is 0 Å². The monoisotopic (exact) mass is 349 g/mol. The average Bonchev–Trinajstić information content (AvgIpc) is 2.99. The summed E-state index contributed by atoms with van der Waals surface area (Å²) in [6.07, 6.45) is 1.87. The van der Waals surface area contributed by atoms with Crippen LogP contribution in [0.5, 0.6) is 0 Å². The van der Waals surface area contributed by atoms with E-state index in [9.17, 15) is 4.79 Å². The second kappa shape index (κ2) is 7.91. The first-order valence-electron chi connectivity index (χ1n) is 8.08. The molecule has 0 saturated heterocycles. The number of para-hydroxylation sites is 1. The molecule has 0 saturated carbocycles. The van der Waals surface area contributed by atoms with E-state index in [1.165, 1.54) is 0 Å². The van der Waals surface area contributed by atoms with Gasteiger partial charge in [-0.25, -0.2) is 0 Å². The van der Waals surface area contributed by atoms with Gasteiger partial charge in [-0.15, -0.1) is 0 Å². The minimum absolute atomic E-state index is 0.0465. The van der Waals surface area contributed by atoms with Crippen LogP contribution in [0.1, 0.15) is 21.5 Å². The van der Waals surface area contributed by atoms with Crippen molar-refractivity contribution in [3.8, 4) is 6.07 Å². The topological polar surface area (TPSA) is 57.8 Å². The number of nitrogens with zero attached hydrogens (tertiary/aromatic N) is 2. The summed E-state index contributed by atoms with van der Waals surface area (Å²) in [5, 5.41) is 13.0.